The van der Waals surface area contributed by atoms with Gasteiger partial charge < -0.3 is 0 Å². The molecule has 0 saturated heterocycles. The third-order valence-electron chi connectivity index (χ3n) is 2.04. The van der Waals surface area contributed by atoms with Gasteiger partial charge in [-0.25, -0.2) is 18.7 Å². The van der Waals surface area contributed by atoms with Crippen LogP contribution in [-0.2, 0) is 0 Å². The van der Waals surface area contributed by atoms with Crippen molar-refractivity contribution >= 4 is 11.6 Å². The molecule has 2 nitrogen and oxygen atoms in total. The monoisotopic (exact) mass is 240 g/mol. The van der Waals surface area contributed by atoms with Gasteiger partial charge >= 0.3 is 0 Å². The maximum atomic E-state index is 13.6. The van der Waals surface area contributed by atoms with Crippen LogP contribution in [0.2, 0.25) is 5.15 Å². The van der Waals surface area contributed by atoms with Crippen molar-refractivity contribution in [3.05, 3.63) is 46.9 Å². The van der Waals surface area contributed by atoms with Crippen molar-refractivity contribution < 1.29 is 8.78 Å². The van der Waals surface area contributed by atoms with Crippen LogP contribution in [-0.4, -0.2) is 9.97 Å². The first-order chi connectivity index (χ1) is 7.58. The lowest BCUT2D eigenvalue weighted by Gasteiger charge is -2.04. The maximum Gasteiger partial charge on any atom is 0.186 e. The highest BCUT2D eigenvalue weighted by Crippen LogP contribution is 2.24. The molecule has 0 spiro atoms. The van der Waals surface area contributed by atoms with E-state index in [1.54, 1.807) is 6.92 Å². The van der Waals surface area contributed by atoms with Crippen LogP contribution < -0.4 is 0 Å². The molecule has 0 atom stereocenters. The maximum absolute atomic E-state index is 13.6. The van der Waals surface area contributed by atoms with Gasteiger partial charge in [0.25, 0.3) is 0 Å². The van der Waals surface area contributed by atoms with Gasteiger partial charge in [0.2, 0.25) is 0 Å². The van der Waals surface area contributed by atoms with Crippen molar-refractivity contribution in [2.75, 3.05) is 0 Å². The SMILES string of the molecule is Cc1nc(Cl)c(F)c(-c2ccc(F)cc2)n1. The molecular weight excluding hydrogens is 234 g/mol. The van der Waals surface area contributed by atoms with Gasteiger partial charge in [0, 0.05) is 5.56 Å². The molecule has 1 heterocycles. The van der Waals surface area contributed by atoms with Crippen LogP contribution in [0.3, 0.4) is 0 Å². The van der Waals surface area contributed by atoms with Crippen molar-refractivity contribution in [3.8, 4) is 11.3 Å². The smallest absolute Gasteiger partial charge is 0.186 e. The van der Waals surface area contributed by atoms with E-state index in [0.29, 0.717) is 11.4 Å². The van der Waals surface area contributed by atoms with E-state index in [0.717, 1.165) is 0 Å². The van der Waals surface area contributed by atoms with Gasteiger partial charge in [0.15, 0.2) is 11.0 Å². The average Bonchev–Trinajstić information content (AvgIpc) is 2.25. The molecule has 5 heteroatoms. The standard InChI is InChI=1S/C11H7ClF2N2/c1-6-15-10(9(14)11(12)16-6)7-2-4-8(13)5-3-7/h2-5H,1H3. The Bertz CT molecular complexity index is 526. The summed E-state index contributed by atoms with van der Waals surface area (Å²) in [4.78, 5) is 7.62. The van der Waals surface area contributed by atoms with E-state index in [9.17, 15) is 8.78 Å². The fraction of sp³-hybridized carbons (Fsp3) is 0.0909. The lowest BCUT2D eigenvalue weighted by molar-refractivity contribution is 0.615. The fourth-order valence-electron chi connectivity index (χ4n) is 1.32. The lowest BCUT2D eigenvalue weighted by Crippen LogP contribution is -1.97. The Balaban J connectivity index is 2.59. The van der Waals surface area contributed by atoms with E-state index >= 15 is 0 Å². The lowest BCUT2D eigenvalue weighted by atomic mass is 10.1. The highest BCUT2D eigenvalue weighted by atomic mass is 35.5. The molecule has 1 aromatic carbocycles. The normalized spacial score (nSPS) is 10.5. The van der Waals surface area contributed by atoms with Gasteiger partial charge in [-0.2, -0.15) is 0 Å². The summed E-state index contributed by atoms with van der Waals surface area (Å²) in [5.74, 6) is -0.717. The number of hydrogen-bond acceptors (Lipinski definition) is 2. The van der Waals surface area contributed by atoms with Crippen LogP contribution in [0.15, 0.2) is 24.3 Å². The molecule has 0 bridgehead atoms. The van der Waals surface area contributed by atoms with Gasteiger partial charge in [-0.1, -0.05) is 11.6 Å². The second-order valence-corrected chi connectivity index (χ2v) is 3.59. The van der Waals surface area contributed by atoms with Gasteiger partial charge in [-0.3, -0.25) is 0 Å². The largest absolute Gasteiger partial charge is 0.230 e. The van der Waals surface area contributed by atoms with E-state index in [4.69, 9.17) is 11.6 Å². The zero-order valence-electron chi connectivity index (χ0n) is 8.34. The van der Waals surface area contributed by atoms with Crippen molar-refractivity contribution in [1.82, 2.24) is 9.97 Å². The molecule has 0 N–H and O–H groups in total. The predicted molar refractivity (Wildman–Crippen MR) is 57.1 cm³/mol. The number of aromatic nitrogens is 2. The quantitative estimate of drug-likeness (QED) is 0.714. The van der Waals surface area contributed by atoms with Gasteiger partial charge in [-0.05, 0) is 31.2 Å². The first kappa shape index (κ1) is 11.0. The summed E-state index contributed by atoms with van der Waals surface area (Å²) in [6.07, 6.45) is 0. The van der Waals surface area contributed by atoms with Crippen LogP contribution in [0.5, 0.6) is 0 Å². The van der Waals surface area contributed by atoms with Crippen molar-refractivity contribution in [2.24, 2.45) is 0 Å². The van der Waals surface area contributed by atoms with Gasteiger partial charge in [0.05, 0.1) is 0 Å². The van der Waals surface area contributed by atoms with E-state index in [1.165, 1.54) is 24.3 Å². The number of benzene rings is 1. The Morgan fingerprint density at radius 1 is 1.06 bits per heavy atom. The molecule has 0 saturated carbocycles. The van der Waals surface area contributed by atoms with Crippen molar-refractivity contribution in [2.45, 2.75) is 6.92 Å². The number of halogens is 3. The number of rotatable bonds is 1. The molecule has 0 aliphatic carbocycles. The highest BCUT2D eigenvalue weighted by Gasteiger charge is 2.12. The van der Waals surface area contributed by atoms with E-state index in [2.05, 4.69) is 9.97 Å². The topological polar surface area (TPSA) is 25.8 Å². The summed E-state index contributed by atoms with van der Waals surface area (Å²) in [5.41, 5.74) is 0.545. The van der Waals surface area contributed by atoms with E-state index < -0.39 is 5.82 Å². The van der Waals surface area contributed by atoms with E-state index in [-0.39, 0.29) is 16.7 Å². The molecule has 82 valence electrons. The zero-order valence-corrected chi connectivity index (χ0v) is 9.09. The second-order valence-electron chi connectivity index (χ2n) is 3.23. The third-order valence-corrected chi connectivity index (χ3v) is 2.29. The number of nitrogens with zero attached hydrogens (tertiary/aromatic N) is 2. The number of aryl methyl sites for hydroxylation is 1. The molecule has 2 rings (SSSR count). The summed E-state index contributed by atoms with van der Waals surface area (Å²) < 4.78 is 26.3. The Morgan fingerprint density at radius 2 is 1.69 bits per heavy atom. The molecule has 0 unspecified atom stereocenters. The molecule has 1 aromatic heterocycles. The van der Waals surface area contributed by atoms with Crippen LogP contribution in [0.4, 0.5) is 8.78 Å². The Morgan fingerprint density at radius 3 is 2.31 bits per heavy atom. The Kier molecular flexibility index (Phi) is 2.83. The average molecular weight is 241 g/mol. The van der Waals surface area contributed by atoms with Gasteiger partial charge in [0.1, 0.15) is 17.3 Å². The minimum absolute atomic E-state index is 0.0810. The number of hydrogen-bond donors (Lipinski definition) is 0. The molecule has 2 aromatic rings. The molecule has 0 aliphatic heterocycles. The van der Waals surface area contributed by atoms with Crippen LogP contribution >= 0.6 is 11.6 Å². The molecule has 16 heavy (non-hydrogen) atoms. The van der Waals surface area contributed by atoms with Crippen LogP contribution in [0.25, 0.3) is 11.3 Å². The summed E-state index contributed by atoms with van der Waals surface area (Å²) >= 11 is 5.60. The molecule has 0 aliphatic rings. The summed E-state index contributed by atoms with van der Waals surface area (Å²) in [7, 11) is 0. The summed E-state index contributed by atoms with van der Waals surface area (Å²) in [6.45, 7) is 1.61. The summed E-state index contributed by atoms with van der Waals surface area (Å²) in [6, 6.07) is 5.35. The van der Waals surface area contributed by atoms with Gasteiger partial charge in [-0.15, -0.1) is 0 Å². The van der Waals surface area contributed by atoms with Crippen LogP contribution in [0.1, 0.15) is 5.82 Å². The Hall–Kier alpha value is -1.55. The van der Waals surface area contributed by atoms with Crippen molar-refractivity contribution in [1.29, 1.82) is 0 Å². The van der Waals surface area contributed by atoms with Crippen LogP contribution in [0, 0.1) is 18.6 Å². The molecule has 0 amide bonds. The third kappa shape index (κ3) is 2.02. The molecule has 0 radical (unpaired) electrons. The minimum atomic E-state index is -0.695. The first-order valence-electron chi connectivity index (χ1n) is 4.53. The first-order valence-corrected chi connectivity index (χ1v) is 4.91. The second kappa shape index (κ2) is 4.14. The molecule has 0 fully saturated rings. The minimum Gasteiger partial charge on any atom is -0.230 e. The van der Waals surface area contributed by atoms with Crippen molar-refractivity contribution in [3.63, 3.8) is 0 Å². The molecular formula is C11H7ClF2N2. The highest BCUT2D eigenvalue weighted by molar-refractivity contribution is 6.29. The predicted octanol–water partition coefficient (Wildman–Crippen LogP) is 3.38. The summed E-state index contributed by atoms with van der Waals surface area (Å²) in [5, 5.41) is -0.230. The Labute approximate surface area is 95.9 Å². The zero-order chi connectivity index (χ0) is 11.7. The van der Waals surface area contributed by atoms with E-state index in [1.807, 2.05) is 0 Å². The fourth-order valence-corrected chi connectivity index (χ4v) is 1.54.